The number of ether oxygens (including phenoxy) is 1. The zero-order chi connectivity index (χ0) is 13.8. The Hall–Kier alpha value is -1.33. The molecule has 4 nitrogen and oxygen atoms in total. The molecule has 6 heteroatoms. The summed E-state index contributed by atoms with van der Waals surface area (Å²) in [7, 11) is 1.42. The van der Waals surface area contributed by atoms with Crippen LogP contribution in [0.4, 0.5) is 4.39 Å². The maximum atomic E-state index is 13.5. The Morgan fingerprint density at radius 3 is 2.80 bits per heavy atom. The standard InChI is InChI=1S/C14H19FN2O2.ClH/c1-19-13-5-2-9(6-12(13)15)8-17-14(18)10-3-4-11(16)7-10;/h2,5-6,10-11H,3-4,7-8,16H2,1H3,(H,17,18);1H. The number of methoxy groups -OCH3 is 1. The summed E-state index contributed by atoms with van der Waals surface area (Å²) in [6.07, 6.45) is 2.47. The molecular weight excluding hydrogens is 283 g/mol. The van der Waals surface area contributed by atoms with Crippen molar-refractivity contribution >= 4 is 18.3 Å². The highest BCUT2D eigenvalue weighted by Crippen LogP contribution is 2.24. The summed E-state index contributed by atoms with van der Waals surface area (Å²) in [5.41, 5.74) is 6.50. The second-order valence-electron chi connectivity index (χ2n) is 4.96. The van der Waals surface area contributed by atoms with E-state index in [0.29, 0.717) is 12.1 Å². The molecule has 2 rings (SSSR count). The quantitative estimate of drug-likeness (QED) is 0.894. The Bertz CT molecular complexity index is 470. The van der Waals surface area contributed by atoms with Crippen molar-refractivity contribution in [3.63, 3.8) is 0 Å². The first kappa shape index (κ1) is 16.7. The average molecular weight is 303 g/mol. The van der Waals surface area contributed by atoms with Crippen LogP contribution in [0, 0.1) is 11.7 Å². The second-order valence-corrected chi connectivity index (χ2v) is 4.96. The lowest BCUT2D eigenvalue weighted by atomic mass is 10.1. The molecule has 3 N–H and O–H groups in total. The highest BCUT2D eigenvalue weighted by atomic mass is 35.5. The Balaban J connectivity index is 0.00000200. The predicted octanol–water partition coefficient (Wildman–Crippen LogP) is 2.00. The van der Waals surface area contributed by atoms with Crippen molar-refractivity contribution in [2.75, 3.05) is 7.11 Å². The summed E-state index contributed by atoms with van der Waals surface area (Å²) in [6, 6.07) is 4.80. The molecule has 0 aliphatic heterocycles. The molecule has 1 aromatic carbocycles. The monoisotopic (exact) mass is 302 g/mol. The first-order valence-corrected chi connectivity index (χ1v) is 6.46. The maximum Gasteiger partial charge on any atom is 0.223 e. The molecule has 1 aromatic rings. The summed E-state index contributed by atoms with van der Waals surface area (Å²) >= 11 is 0. The van der Waals surface area contributed by atoms with Crippen molar-refractivity contribution in [1.82, 2.24) is 5.32 Å². The smallest absolute Gasteiger partial charge is 0.223 e. The van der Waals surface area contributed by atoms with Gasteiger partial charge in [0, 0.05) is 18.5 Å². The van der Waals surface area contributed by atoms with E-state index in [4.69, 9.17) is 10.5 Å². The van der Waals surface area contributed by atoms with Crippen LogP contribution in [0.15, 0.2) is 18.2 Å². The van der Waals surface area contributed by atoms with E-state index < -0.39 is 5.82 Å². The third-order valence-corrected chi connectivity index (χ3v) is 3.53. The molecule has 1 aliphatic carbocycles. The van der Waals surface area contributed by atoms with Crippen LogP contribution in [0.3, 0.4) is 0 Å². The third kappa shape index (κ3) is 4.08. The molecule has 1 amide bonds. The van der Waals surface area contributed by atoms with Crippen molar-refractivity contribution < 1.29 is 13.9 Å². The largest absolute Gasteiger partial charge is 0.494 e. The number of benzene rings is 1. The Labute approximate surface area is 124 Å². The van der Waals surface area contributed by atoms with E-state index >= 15 is 0 Å². The van der Waals surface area contributed by atoms with Crippen LogP contribution in [0.5, 0.6) is 5.75 Å². The van der Waals surface area contributed by atoms with Gasteiger partial charge in [-0.05, 0) is 37.0 Å². The first-order valence-electron chi connectivity index (χ1n) is 6.46. The number of hydrogen-bond acceptors (Lipinski definition) is 3. The number of amides is 1. The molecule has 20 heavy (non-hydrogen) atoms. The van der Waals surface area contributed by atoms with Gasteiger partial charge in [0.15, 0.2) is 11.6 Å². The topological polar surface area (TPSA) is 64.3 Å². The molecule has 2 atom stereocenters. The van der Waals surface area contributed by atoms with Gasteiger partial charge in [0.1, 0.15) is 0 Å². The van der Waals surface area contributed by atoms with Gasteiger partial charge in [0.05, 0.1) is 7.11 Å². The molecule has 1 aliphatic rings. The lowest BCUT2D eigenvalue weighted by Crippen LogP contribution is -2.30. The zero-order valence-electron chi connectivity index (χ0n) is 11.4. The van der Waals surface area contributed by atoms with Gasteiger partial charge in [0.25, 0.3) is 0 Å². The summed E-state index contributed by atoms with van der Waals surface area (Å²) < 4.78 is 18.3. The van der Waals surface area contributed by atoms with Gasteiger partial charge < -0.3 is 15.8 Å². The first-order chi connectivity index (χ1) is 9.10. The minimum absolute atomic E-state index is 0. The number of carbonyl (C=O) groups is 1. The van der Waals surface area contributed by atoms with Crippen LogP contribution in [-0.4, -0.2) is 19.1 Å². The molecule has 1 saturated carbocycles. The van der Waals surface area contributed by atoms with Crippen molar-refractivity contribution in [2.45, 2.75) is 31.8 Å². The fourth-order valence-electron chi connectivity index (χ4n) is 2.41. The Morgan fingerprint density at radius 1 is 1.50 bits per heavy atom. The van der Waals surface area contributed by atoms with E-state index in [1.807, 2.05) is 0 Å². The summed E-state index contributed by atoms with van der Waals surface area (Å²) in [5, 5.41) is 2.82. The molecule has 2 unspecified atom stereocenters. The molecule has 112 valence electrons. The fourth-order valence-corrected chi connectivity index (χ4v) is 2.41. The number of carbonyl (C=O) groups excluding carboxylic acids is 1. The summed E-state index contributed by atoms with van der Waals surface area (Å²) in [5.74, 6) is -0.212. The van der Waals surface area contributed by atoms with E-state index in [1.165, 1.54) is 13.2 Å². The SMILES string of the molecule is COc1ccc(CNC(=O)C2CCC(N)C2)cc1F.Cl. The fraction of sp³-hybridized carbons (Fsp3) is 0.500. The zero-order valence-corrected chi connectivity index (χ0v) is 12.2. The summed E-state index contributed by atoms with van der Waals surface area (Å²) in [6.45, 7) is 0.325. The van der Waals surface area contributed by atoms with E-state index in [-0.39, 0.29) is 36.0 Å². The number of hydrogen-bond donors (Lipinski definition) is 2. The predicted molar refractivity (Wildman–Crippen MR) is 77.4 cm³/mol. The average Bonchev–Trinajstić information content (AvgIpc) is 2.83. The molecule has 1 fully saturated rings. The number of rotatable bonds is 4. The van der Waals surface area contributed by atoms with Crippen LogP contribution in [0.1, 0.15) is 24.8 Å². The Morgan fingerprint density at radius 2 is 2.25 bits per heavy atom. The molecule has 0 saturated heterocycles. The van der Waals surface area contributed by atoms with E-state index in [2.05, 4.69) is 5.32 Å². The van der Waals surface area contributed by atoms with E-state index in [9.17, 15) is 9.18 Å². The number of halogens is 2. The van der Waals surface area contributed by atoms with Gasteiger partial charge in [-0.25, -0.2) is 4.39 Å². The minimum atomic E-state index is -0.419. The van der Waals surface area contributed by atoms with Gasteiger partial charge in [-0.3, -0.25) is 4.79 Å². The molecule has 0 bridgehead atoms. The highest BCUT2D eigenvalue weighted by Gasteiger charge is 2.27. The molecule has 0 aromatic heterocycles. The van der Waals surface area contributed by atoms with Gasteiger partial charge in [-0.15, -0.1) is 12.4 Å². The maximum absolute atomic E-state index is 13.5. The normalized spacial score (nSPS) is 21.1. The third-order valence-electron chi connectivity index (χ3n) is 3.53. The van der Waals surface area contributed by atoms with Crippen LogP contribution in [0.25, 0.3) is 0 Å². The van der Waals surface area contributed by atoms with Crippen LogP contribution >= 0.6 is 12.4 Å². The highest BCUT2D eigenvalue weighted by molar-refractivity contribution is 5.85. The van der Waals surface area contributed by atoms with Gasteiger partial charge >= 0.3 is 0 Å². The Kier molecular flexibility index (Phi) is 6.23. The lowest BCUT2D eigenvalue weighted by Gasteiger charge is -2.11. The summed E-state index contributed by atoms with van der Waals surface area (Å²) in [4.78, 5) is 11.9. The van der Waals surface area contributed by atoms with Gasteiger partial charge in [-0.2, -0.15) is 0 Å². The number of nitrogens with two attached hydrogens (primary N) is 1. The lowest BCUT2D eigenvalue weighted by molar-refractivity contribution is -0.125. The van der Waals surface area contributed by atoms with Crippen molar-refractivity contribution in [1.29, 1.82) is 0 Å². The molecule has 0 spiro atoms. The van der Waals surface area contributed by atoms with Gasteiger partial charge in [-0.1, -0.05) is 6.07 Å². The number of nitrogens with one attached hydrogen (secondary N) is 1. The van der Waals surface area contributed by atoms with Crippen molar-refractivity contribution in [3.05, 3.63) is 29.6 Å². The van der Waals surface area contributed by atoms with Crippen LogP contribution < -0.4 is 15.8 Å². The van der Waals surface area contributed by atoms with Crippen molar-refractivity contribution in [2.24, 2.45) is 11.7 Å². The van der Waals surface area contributed by atoms with Crippen LogP contribution in [0.2, 0.25) is 0 Å². The molecule has 0 heterocycles. The van der Waals surface area contributed by atoms with Crippen LogP contribution in [-0.2, 0) is 11.3 Å². The van der Waals surface area contributed by atoms with E-state index in [0.717, 1.165) is 19.3 Å². The molecule has 0 radical (unpaired) electrons. The van der Waals surface area contributed by atoms with Crippen molar-refractivity contribution in [3.8, 4) is 5.75 Å². The van der Waals surface area contributed by atoms with Gasteiger partial charge in [0.2, 0.25) is 5.91 Å². The minimum Gasteiger partial charge on any atom is -0.494 e. The molecular formula is C14H20ClFN2O2. The second kappa shape index (κ2) is 7.45. The van der Waals surface area contributed by atoms with E-state index in [1.54, 1.807) is 12.1 Å².